The van der Waals surface area contributed by atoms with Crippen molar-refractivity contribution in [2.75, 3.05) is 17.7 Å². The van der Waals surface area contributed by atoms with Crippen LogP contribution in [0.1, 0.15) is 17.0 Å². The van der Waals surface area contributed by atoms with Gasteiger partial charge in [0, 0.05) is 22.6 Å². The smallest absolute Gasteiger partial charge is 0.262 e. The van der Waals surface area contributed by atoms with E-state index in [-0.39, 0.29) is 24.1 Å². The minimum atomic E-state index is -0.396. The molecule has 2 amide bonds. The third kappa shape index (κ3) is 8.00. The molecular formula is C23H22FN5O3S. The van der Waals surface area contributed by atoms with E-state index >= 15 is 0 Å². The van der Waals surface area contributed by atoms with Crippen LogP contribution in [0.15, 0.2) is 64.9 Å². The number of thioether (sulfide) groups is 1. The first-order valence-electron chi connectivity index (χ1n) is 9.93. The molecule has 0 bridgehead atoms. The van der Waals surface area contributed by atoms with Gasteiger partial charge in [-0.3, -0.25) is 9.59 Å². The Labute approximate surface area is 194 Å². The molecule has 0 aliphatic rings. The van der Waals surface area contributed by atoms with Gasteiger partial charge in [0.25, 0.3) is 11.8 Å². The SMILES string of the molecule is Cc1cc(C)nc(SCC(=O)N/N=C\c2ccccc2OCC(=O)Nc2ccc(F)cc2)n1. The maximum atomic E-state index is 13.0. The van der Waals surface area contributed by atoms with Crippen molar-refractivity contribution >= 4 is 35.5 Å². The zero-order valence-electron chi connectivity index (χ0n) is 18.0. The monoisotopic (exact) mass is 467 g/mol. The lowest BCUT2D eigenvalue weighted by molar-refractivity contribution is -0.119. The highest BCUT2D eigenvalue weighted by atomic mass is 32.2. The van der Waals surface area contributed by atoms with E-state index in [1.54, 1.807) is 24.3 Å². The molecule has 0 spiro atoms. The maximum Gasteiger partial charge on any atom is 0.262 e. The van der Waals surface area contributed by atoms with Crippen molar-refractivity contribution < 1.29 is 18.7 Å². The number of nitrogens with one attached hydrogen (secondary N) is 2. The molecule has 0 unspecified atom stereocenters. The summed E-state index contributed by atoms with van der Waals surface area (Å²) in [4.78, 5) is 32.7. The summed E-state index contributed by atoms with van der Waals surface area (Å²) in [6.45, 7) is 3.49. The molecule has 0 aliphatic heterocycles. The number of hydrogen-bond acceptors (Lipinski definition) is 7. The van der Waals surface area contributed by atoms with Gasteiger partial charge in [-0.05, 0) is 56.3 Å². The molecule has 10 heteroatoms. The number of ether oxygens (including phenoxy) is 1. The van der Waals surface area contributed by atoms with Crippen molar-refractivity contribution in [2.45, 2.75) is 19.0 Å². The zero-order valence-corrected chi connectivity index (χ0v) is 18.9. The first-order valence-corrected chi connectivity index (χ1v) is 10.9. The van der Waals surface area contributed by atoms with E-state index in [9.17, 15) is 14.0 Å². The number of benzene rings is 2. The Kier molecular flexibility index (Phi) is 8.48. The van der Waals surface area contributed by atoms with Gasteiger partial charge in [0.15, 0.2) is 11.8 Å². The number of hydrogen-bond donors (Lipinski definition) is 2. The van der Waals surface area contributed by atoms with Crippen LogP contribution < -0.4 is 15.5 Å². The van der Waals surface area contributed by atoms with E-state index in [2.05, 4.69) is 25.8 Å². The van der Waals surface area contributed by atoms with Crippen molar-refractivity contribution in [3.05, 3.63) is 77.4 Å². The van der Waals surface area contributed by atoms with Crippen LogP contribution in [0.2, 0.25) is 0 Å². The van der Waals surface area contributed by atoms with E-state index in [0.717, 1.165) is 11.4 Å². The summed E-state index contributed by atoms with van der Waals surface area (Å²) in [5.74, 6) is -0.560. The Morgan fingerprint density at radius 1 is 1.06 bits per heavy atom. The third-order valence-corrected chi connectivity index (χ3v) is 4.94. The van der Waals surface area contributed by atoms with Crippen LogP contribution in [-0.2, 0) is 9.59 Å². The van der Waals surface area contributed by atoms with Crippen molar-refractivity contribution in [1.29, 1.82) is 0 Å². The highest BCUT2D eigenvalue weighted by Crippen LogP contribution is 2.16. The summed E-state index contributed by atoms with van der Waals surface area (Å²) in [5, 5.41) is 7.11. The van der Waals surface area contributed by atoms with Gasteiger partial charge in [0.05, 0.1) is 12.0 Å². The van der Waals surface area contributed by atoms with Gasteiger partial charge in [-0.15, -0.1) is 0 Å². The van der Waals surface area contributed by atoms with Crippen molar-refractivity contribution in [1.82, 2.24) is 15.4 Å². The summed E-state index contributed by atoms with van der Waals surface area (Å²) in [7, 11) is 0. The Morgan fingerprint density at radius 3 is 2.48 bits per heavy atom. The molecule has 0 atom stereocenters. The van der Waals surface area contributed by atoms with Gasteiger partial charge in [-0.1, -0.05) is 23.9 Å². The second-order valence-corrected chi connectivity index (χ2v) is 7.84. The quantitative estimate of drug-likeness (QED) is 0.216. The lowest BCUT2D eigenvalue weighted by Gasteiger charge is -2.09. The van der Waals surface area contributed by atoms with Crippen molar-refractivity contribution in [3.63, 3.8) is 0 Å². The van der Waals surface area contributed by atoms with Crippen LogP contribution in [-0.4, -0.2) is 40.4 Å². The predicted octanol–water partition coefficient (Wildman–Crippen LogP) is 3.49. The molecule has 8 nitrogen and oxygen atoms in total. The fraction of sp³-hybridized carbons (Fsp3) is 0.174. The Balaban J connectivity index is 1.49. The minimum Gasteiger partial charge on any atom is -0.483 e. The fourth-order valence-electron chi connectivity index (χ4n) is 2.69. The van der Waals surface area contributed by atoms with E-state index < -0.39 is 5.91 Å². The Hall–Kier alpha value is -3.79. The maximum absolute atomic E-state index is 13.0. The van der Waals surface area contributed by atoms with Crippen LogP contribution in [0.4, 0.5) is 10.1 Å². The average molecular weight is 468 g/mol. The topological polar surface area (TPSA) is 106 Å². The fourth-order valence-corrected chi connectivity index (χ4v) is 3.43. The van der Waals surface area contributed by atoms with Crippen molar-refractivity contribution in [2.24, 2.45) is 5.10 Å². The van der Waals surface area contributed by atoms with Gasteiger partial charge in [-0.25, -0.2) is 19.8 Å². The third-order valence-electron chi connectivity index (χ3n) is 4.09. The van der Waals surface area contributed by atoms with Gasteiger partial charge in [-0.2, -0.15) is 5.10 Å². The summed E-state index contributed by atoms with van der Waals surface area (Å²) >= 11 is 1.22. The second-order valence-electron chi connectivity index (χ2n) is 6.90. The molecule has 0 fully saturated rings. The highest BCUT2D eigenvalue weighted by Gasteiger charge is 2.08. The Bertz CT molecular complexity index is 1130. The number of nitrogens with zero attached hydrogens (tertiary/aromatic N) is 3. The van der Waals surface area contributed by atoms with E-state index in [0.29, 0.717) is 22.2 Å². The lowest BCUT2D eigenvalue weighted by atomic mass is 10.2. The molecule has 0 aliphatic carbocycles. The van der Waals surface area contributed by atoms with Gasteiger partial charge in [0.1, 0.15) is 11.6 Å². The van der Waals surface area contributed by atoms with Crippen LogP contribution in [0.5, 0.6) is 5.75 Å². The summed E-state index contributed by atoms with van der Waals surface area (Å²) < 4.78 is 18.5. The normalized spacial score (nSPS) is 10.8. The predicted molar refractivity (Wildman–Crippen MR) is 125 cm³/mol. The van der Waals surface area contributed by atoms with Crippen LogP contribution >= 0.6 is 11.8 Å². The molecule has 2 aromatic carbocycles. The number of aryl methyl sites for hydroxylation is 2. The number of rotatable bonds is 9. The number of amides is 2. The van der Waals surface area contributed by atoms with Crippen LogP contribution in [0.25, 0.3) is 0 Å². The molecule has 1 heterocycles. The average Bonchev–Trinajstić information content (AvgIpc) is 2.78. The molecule has 2 N–H and O–H groups in total. The number of anilines is 1. The molecule has 33 heavy (non-hydrogen) atoms. The van der Waals surface area contributed by atoms with Gasteiger partial charge >= 0.3 is 0 Å². The zero-order chi connectivity index (χ0) is 23.6. The molecule has 0 saturated heterocycles. The summed E-state index contributed by atoms with van der Waals surface area (Å²) in [6.07, 6.45) is 1.43. The number of hydrazone groups is 1. The molecular weight excluding hydrogens is 445 g/mol. The lowest BCUT2D eigenvalue weighted by Crippen LogP contribution is -2.21. The number of carbonyl (C=O) groups is 2. The Morgan fingerprint density at radius 2 is 1.76 bits per heavy atom. The van der Waals surface area contributed by atoms with E-state index in [1.165, 1.54) is 42.2 Å². The number of aromatic nitrogens is 2. The molecule has 0 saturated carbocycles. The molecule has 3 rings (SSSR count). The summed E-state index contributed by atoms with van der Waals surface area (Å²) in [6, 6.07) is 14.2. The molecule has 0 radical (unpaired) electrons. The van der Waals surface area contributed by atoms with Crippen molar-refractivity contribution in [3.8, 4) is 5.75 Å². The van der Waals surface area contributed by atoms with E-state index in [1.807, 2.05) is 19.9 Å². The standard InChI is InChI=1S/C23H22FN5O3S/c1-15-11-16(2)27-23(26-15)33-14-22(31)29-25-12-17-5-3-4-6-20(17)32-13-21(30)28-19-9-7-18(24)8-10-19/h3-12H,13-14H2,1-2H3,(H,28,30)(H,29,31)/b25-12-. The second kappa shape index (κ2) is 11.7. The first kappa shape index (κ1) is 23.9. The van der Waals surface area contributed by atoms with Gasteiger partial charge < -0.3 is 10.1 Å². The van der Waals surface area contributed by atoms with Crippen LogP contribution in [0, 0.1) is 19.7 Å². The van der Waals surface area contributed by atoms with Crippen LogP contribution in [0.3, 0.4) is 0 Å². The molecule has 170 valence electrons. The summed E-state index contributed by atoms with van der Waals surface area (Å²) in [5.41, 5.74) is 5.17. The number of carbonyl (C=O) groups excluding carboxylic acids is 2. The minimum absolute atomic E-state index is 0.113. The van der Waals surface area contributed by atoms with Gasteiger partial charge in [0.2, 0.25) is 0 Å². The largest absolute Gasteiger partial charge is 0.483 e. The highest BCUT2D eigenvalue weighted by molar-refractivity contribution is 7.99. The molecule has 3 aromatic rings. The number of para-hydroxylation sites is 1. The first-order chi connectivity index (χ1) is 15.9. The van der Waals surface area contributed by atoms with E-state index in [4.69, 9.17) is 4.74 Å². The number of halogens is 1. The molecule has 1 aromatic heterocycles.